The molecule has 3 N–H and O–H groups in total. The van der Waals surface area contributed by atoms with E-state index in [1.165, 1.54) is 12.1 Å². The fourth-order valence-corrected chi connectivity index (χ4v) is 2.97. The highest BCUT2D eigenvalue weighted by molar-refractivity contribution is 5.36. The lowest BCUT2D eigenvalue weighted by atomic mass is 10.0. The van der Waals surface area contributed by atoms with Gasteiger partial charge in [0.05, 0.1) is 6.61 Å². The number of nitrogens with zero attached hydrogens (tertiary/aromatic N) is 2. The molecule has 1 aromatic heterocycles. The van der Waals surface area contributed by atoms with Gasteiger partial charge >= 0.3 is 0 Å². The van der Waals surface area contributed by atoms with Crippen LogP contribution in [0.1, 0.15) is 16.8 Å². The van der Waals surface area contributed by atoms with E-state index in [-0.39, 0.29) is 11.7 Å². The molecule has 0 bridgehead atoms. The van der Waals surface area contributed by atoms with E-state index in [2.05, 4.69) is 5.10 Å². The van der Waals surface area contributed by atoms with Crippen molar-refractivity contribution in [3.05, 3.63) is 46.9 Å². The first-order valence-electron chi connectivity index (χ1n) is 8.52. The first-order chi connectivity index (χ1) is 12.8. The smallest absolute Gasteiger partial charge is 0.239 e. The topological polar surface area (TPSA) is 97.0 Å². The summed E-state index contributed by atoms with van der Waals surface area (Å²) in [5, 5.41) is 33.3. The average Bonchev–Trinajstić information content (AvgIpc) is 2.91. The lowest BCUT2D eigenvalue weighted by molar-refractivity contribution is -0.266. The van der Waals surface area contributed by atoms with Crippen LogP contribution in [0.15, 0.2) is 24.3 Å². The summed E-state index contributed by atoms with van der Waals surface area (Å²) in [7, 11) is 1.71. The largest absolute Gasteiger partial charge is 0.443 e. The third-order valence-electron chi connectivity index (χ3n) is 4.74. The second kappa shape index (κ2) is 7.89. The third-order valence-corrected chi connectivity index (χ3v) is 4.74. The number of alkyl halides is 1. The highest BCUT2D eigenvalue weighted by Gasteiger charge is 2.46. The molecular weight excluding hydrogens is 362 g/mol. The van der Waals surface area contributed by atoms with Crippen LogP contribution in [-0.4, -0.2) is 62.5 Å². The molecular formula is C18H22F2N2O5. The monoisotopic (exact) mass is 384 g/mol. The molecule has 1 aromatic carbocycles. The summed E-state index contributed by atoms with van der Waals surface area (Å²) in [5.41, 5.74) is 2.28. The van der Waals surface area contributed by atoms with Crippen LogP contribution in [-0.2, 0) is 18.2 Å². The minimum atomic E-state index is -1.94. The molecule has 0 radical (unpaired) electrons. The molecule has 0 amide bonds. The number of aliphatic hydroxyl groups is 3. The van der Waals surface area contributed by atoms with E-state index >= 15 is 0 Å². The van der Waals surface area contributed by atoms with Crippen LogP contribution >= 0.6 is 0 Å². The fourth-order valence-electron chi connectivity index (χ4n) is 2.97. The minimum Gasteiger partial charge on any atom is -0.443 e. The molecule has 7 nitrogen and oxygen atoms in total. The summed E-state index contributed by atoms with van der Waals surface area (Å²) in [5.74, 6) is -0.203. The molecule has 2 heterocycles. The van der Waals surface area contributed by atoms with Crippen LogP contribution in [0.4, 0.5) is 8.78 Å². The van der Waals surface area contributed by atoms with E-state index in [1.807, 2.05) is 6.92 Å². The zero-order valence-electron chi connectivity index (χ0n) is 14.9. The lowest BCUT2D eigenvalue weighted by Crippen LogP contribution is -2.58. The maximum atomic E-state index is 13.9. The number of halogens is 2. The maximum Gasteiger partial charge on any atom is 0.239 e. The molecule has 5 unspecified atom stereocenters. The summed E-state index contributed by atoms with van der Waals surface area (Å²) in [6, 6.07) is 5.96. The zero-order chi connectivity index (χ0) is 19.7. The van der Waals surface area contributed by atoms with Gasteiger partial charge in [0.2, 0.25) is 12.2 Å². The number of hydrogen-bond donors (Lipinski definition) is 3. The Labute approximate surface area is 154 Å². The van der Waals surface area contributed by atoms with Gasteiger partial charge in [-0.2, -0.15) is 0 Å². The van der Waals surface area contributed by atoms with Crippen molar-refractivity contribution in [2.75, 3.05) is 6.61 Å². The Hall–Kier alpha value is -2.07. The number of aryl methyl sites for hydroxylation is 1. The van der Waals surface area contributed by atoms with Gasteiger partial charge < -0.3 is 24.8 Å². The van der Waals surface area contributed by atoms with E-state index < -0.39 is 37.4 Å². The van der Waals surface area contributed by atoms with Crippen molar-refractivity contribution in [3.8, 4) is 5.88 Å². The quantitative estimate of drug-likeness (QED) is 0.699. The molecule has 1 fully saturated rings. The van der Waals surface area contributed by atoms with Crippen LogP contribution in [0.2, 0.25) is 0 Å². The van der Waals surface area contributed by atoms with Crippen LogP contribution in [0.25, 0.3) is 0 Å². The molecule has 3 rings (SSSR count). The number of hydrogen-bond acceptors (Lipinski definition) is 6. The summed E-state index contributed by atoms with van der Waals surface area (Å²) in [6.07, 6.45) is -7.68. The van der Waals surface area contributed by atoms with Crippen molar-refractivity contribution in [1.29, 1.82) is 0 Å². The van der Waals surface area contributed by atoms with E-state index in [4.69, 9.17) is 9.47 Å². The molecule has 0 saturated carbocycles. The number of rotatable bonds is 5. The van der Waals surface area contributed by atoms with Crippen molar-refractivity contribution >= 4 is 0 Å². The van der Waals surface area contributed by atoms with Crippen LogP contribution in [0, 0.1) is 12.7 Å². The van der Waals surface area contributed by atoms with Crippen LogP contribution in [0.5, 0.6) is 5.88 Å². The standard InChI is InChI=1S/C18H22F2N2O5/c1-9-12(7-10-3-5-11(19)6-4-10)17(21-22(9)2)27-18-16(25)15(24)14(20)13(8-23)26-18/h3-6,13-16,18,23-25H,7-8H2,1-2H3. The number of benzene rings is 1. The second-order valence-corrected chi connectivity index (χ2v) is 6.56. The van der Waals surface area contributed by atoms with Crippen molar-refractivity contribution in [2.24, 2.45) is 7.05 Å². The predicted molar refractivity (Wildman–Crippen MR) is 90.4 cm³/mol. The predicted octanol–water partition coefficient (Wildman–Crippen LogP) is 0.614. The Bertz CT molecular complexity index is 781. The second-order valence-electron chi connectivity index (χ2n) is 6.56. The number of aliphatic hydroxyl groups excluding tert-OH is 3. The zero-order valence-corrected chi connectivity index (χ0v) is 14.9. The summed E-state index contributed by atoms with van der Waals surface area (Å²) in [6.45, 7) is 1.15. The van der Waals surface area contributed by atoms with E-state index in [0.29, 0.717) is 12.0 Å². The first-order valence-corrected chi connectivity index (χ1v) is 8.52. The van der Waals surface area contributed by atoms with Gasteiger partial charge in [0, 0.05) is 24.7 Å². The maximum absolute atomic E-state index is 13.9. The lowest BCUT2D eigenvalue weighted by Gasteiger charge is -2.38. The molecule has 1 saturated heterocycles. The first kappa shape index (κ1) is 19.7. The summed E-state index contributed by atoms with van der Waals surface area (Å²) in [4.78, 5) is 0. The Kier molecular flexibility index (Phi) is 5.75. The van der Waals surface area contributed by atoms with Gasteiger partial charge in [0.1, 0.15) is 24.1 Å². The van der Waals surface area contributed by atoms with Crippen LogP contribution in [0.3, 0.4) is 0 Å². The molecule has 1 aliphatic rings. The van der Waals surface area contributed by atoms with Gasteiger partial charge in [0.25, 0.3) is 0 Å². The molecule has 148 valence electrons. The van der Waals surface area contributed by atoms with Gasteiger partial charge in [-0.25, -0.2) is 8.78 Å². The highest BCUT2D eigenvalue weighted by Crippen LogP contribution is 2.29. The van der Waals surface area contributed by atoms with Crippen molar-refractivity contribution in [1.82, 2.24) is 9.78 Å². The Morgan fingerprint density at radius 2 is 1.89 bits per heavy atom. The van der Waals surface area contributed by atoms with Gasteiger partial charge in [-0.1, -0.05) is 12.1 Å². The van der Waals surface area contributed by atoms with Crippen molar-refractivity contribution in [2.45, 2.75) is 44.1 Å². The van der Waals surface area contributed by atoms with Crippen molar-refractivity contribution < 1.29 is 33.6 Å². The third kappa shape index (κ3) is 3.96. The highest BCUT2D eigenvalue weighted by atomic mass is 19.1. The SMILES string of the molecule is Cc1c(Cc2ccc(F)cc2)c(OC2OC(CO)C(F)C(O)C2O)nn1C. The van der Waals surface area contributed by atoms with E-state index in [0.717, 1.165) is 11.3 Å². The Morgan fingerprint density at radius 3 is 2.52 bits per heavy atom. The normalized spacial score (nSPS) is 28.3. The summed E-state index contributed by atoms with van der Waals surface area (Å²) >= 11 is 0. The molecule has 9 heteroatoms. The van der Waals surface area contributed by atoms with Crippen LogP contribution < -0.4 is 4.74 Å². The molecule has 5 atom stereocenters. The summed E-state index contributed by atoms with van der Waals surface area (Å²) < 4.78 is 39.4. The number of aromatic nitrogens is 2. The molecule has 0 spiro atoms. The Balaban J connectivity index is 1.84. The number of ether oxygens (including phenoxy) is 2. The molecule has 27 heavy (non-hydrogen) atoms. The average molecular weight is 384 g/mol. The minimum absolute atomic E-state index is 0.143. The molecule has 1 aliphatic heterocycles. The van der Waals surface area contributed by atoms with Gasteiger partial charge in [0.15, 0.2) is 6.17 Å². The van der Waals surface area contributed by atoms with E-state index in [1.54, 1.807) is 23.9 Å². The molecule has 0 aliphatic carbocycles. The van der Waals surface area contributed by atoms with Gasteiger partial charge in [-0.15, -0.1) is 5.10 Å². The molecule has 2 aromatic rings. The van der Waals surface area contributed by atoms with Gasteiger partial charge in [-0.3, -0.25) is 4.68 Å². The van der Waals surface area contributed by atoms with Gasteiger partial charge in [-0.05, 0) is 24.6 Å². The van der Waals surface area contributed by atoms with E-state index in [9.17, 15) is 24.1 Å². The van der Waals surface area contributed by atoms with Crippen molar-refractivity contribution in [3.63, 3.8) is 0 Å². The Morgan fingerprint density at radius 1 is 1.22 bits per heavy atom. The fraction of sp³-hybridized carbons (Fsp3) is 0.500.